The number of nitrogens with zero attached hydrogens (tertiary/aromatic N) is 4. The standard InChI is InChI=1S/C7H3FN4/c8-5-1-2-7-6(3-5)10-11-12(7)4-9/h1-3H. The Morgan fingerprint density at radius 1 is 1.50 bits per heavy atom. The first-order valence-electron chi connectivity index (χ1n) is 3.22. The minimum atomic E-state index is -0.382. The van der Waals surface area contributed by atoms with Gasteiger partial charge < -0.3 is 0 Å². The van der Waals surface area contributed by atoms with Gasteiger partial charge >= 0.3 is 0 Å². The Kier molecular flexibility index (Phi) is 1.27. The maximum absolute atomic E-state index is 12.6. The van der Waals surface area contributed by atoms with Crippen molar-refractivity contribution < 1.29 is 4.39 Å². The molecule has 4 nitrogen and oxygen atoms in total. The Hall–Kier alpha value is -1.96. The van der Waals surface area contributed by atoms with Crippen LogP contribution in [0.25, 0.3) is 11.0 Å². The second-order valence-electron chi connectivity index (χ2n) is 2.23. The van der Waals surface area contributed by atoms with E-state index in [9.17, 15) is 4.39 Å². The topological polar surface area (TPSA) is 54.5 Å². The van der Waals surface area contributed by atoms with E-state index in [0.29, 0.717) is 11.0 Å². The fourth-order valence-corrected chi connectivity index (χ4v) is 0.971. The summed E-state index contributed by atoms with van der Waals surface area (Å²) in [4.78, 5) is 0. The van der Waals surface area contributed by atoms with E-state index in [1.807, 2.05) is 0 Å². The van der Waals surface area contributed by atoms with E-state index in [1.54, 1.807) is 6.19 Å². The molecule has 12 heavy (non-hydrogen) atoms. The van der Waals surface area contributed by atoms with E-state index in [-0.39, 0.29) is 5.82 Å². The van der Waals surface area contributed by atoms with E-state index < -0.39 is 0 Å². The molecule has 5 heteroatoms. The number of hydrogen-bond acceptors (Lipinski definition) is 3. The molecule has 0 spiro atoms. The molecule has 0 atom stereocenters. The maximum Gasteiger partial charge on any atom is 0.208 e. The third-order valence-corrected chi connectivity index (χ3v) is 1.50. The van der Waals surface area contributed by atoms with Crippen molar-refractivity contribution in [1.29, 1.82) is 5.26 Å². The second-order valence-corrected chi connectivity index (χ2v) is 2.23. The summed E-state index contributed by atoms with van der Waals surface area (Å²) in [6.45, 7) is 0. The summed E-state index contributed by atoms with van der Waals surface area (Å²) in [7, 11) is 0. The highest BCUT2D eigenvalue weighted by Crippen LogP contribution is 2.10. The first-order valence-corrected chi connectivity index (χ1v) is 3.22. The molecular formula is C7H3FN4. The van der Waals surface area contributed by atoms with Crippen LogP contribution in [0, 0.1) is 17.3 Å². The summed E-state index contributed by atoms with van der Waals surface area (Å²) in [6.07, 6.45) is 1.79. The molecule has 0 aliphatic rings. The molecule has 0 saturated carbocycles. The van der Waals surface area contributed by atoms with Crippen LogP contribution in [0.3, 0.4) is 0 Å². The summed E-state index contributed by atoms with van der Waals surface area (Å²) in [6, 6.07) is 3.96. The first-order chi connectivity index (χ1) is 5.81. The molecule has 0 radical (unpaired) electrons. The van der Waals surface area contributed by atoms with Gasteiger partial charge in [0, 0.05) is 6.07 Å². The van der Waals surface area contributed by atoms with Crippen LogP contribution in [0.2, 0.25) is 0 Å². The van der Waals surface area contributed by atoms with Crippen molar-refractivity contribution in [3.63, 3.8) is 0 Å². The van der Waals surface area contributed by atoms with Crippen LogP contribution in [0.4, 0.5) is 4.39 Å². The van der Waals surface area contributed by atoms with Crippen LogP contribution in [0.15, 0.2) is 18.2 Å². The van der Waals surface area contributed by atoms with Crippen LogP contribution in [-0.2, 0) is 0 Å². The van der Waals surface area contributed by atoms with Gasteiger partial charge in [0.25, 0.3) is 0 Å². The van der Waals surface area contributed by atoms with Crippen LogP contribution in [0.5, 0.6) is 0 Å². The first kappa shape index (κ1) is 6.73. The molecule has 2 rings (SSSR count). The van der Waals surface area contributed by atoms with E-state index in [4.69, 9.17) is 5.26 Å². The third-order valence-electron chi connectivity index (χ3n) is 1.50. The van der Waals surface area contributed by atoms with Gasteiger partial charge in [0.15, 0.2) is 0 Å². The molecule has 0 aliphatic heterocycles. The zero-order valence-corrected chi connectivity index (χ0v) is 5.90. The number of aromatic nitrogens is 3. The molecule has 0 aliphatic carbocycles. The Bertz CT molecular complexity index is 468. The summed E-state index contributed by atoms with van der Waals surface area (Å²) < 4.78 is 13.6. The van der Waals surface area contributed by atoms with Crippen LogP contribution in [0.1, 0.15) is 0 Å². The summed E-state index contributed by atoms with van der Waals surface area (Å²) >= 11 is 0. The second kappa shape index (κ2) is 2.27. The van der Waals surface area contributed by atoms with Crippen molar-refractivity contribution in [2.75, 3.05) is 0 Å². The number of halogens is 1. The lowest BCUT2D eigenvalue weighted by Crippen LogP contribution is -1.89. The number of benzene rings is 1. The lowest BCUT2D eigenvalue weighted by molar-refractivity contribution is 0.629. The van der Waals surface area contributed by atoms with Gasteiger partial charge in [0.2, 0.25) is 6.19 Å². The molecule has 2 aromatic rings. The monoisotopic (exact) mass is 162 g/mol. The van der Waals surface area contributed by atoms with Crippen LogP contribution >= 0.6 is 0 Å². The number of nitriles is 1. The molecule has 1 aromatic carbocycles. The Balaban J connectivity index is 2.84. The minimum absolute atomic E-state index is 0.382. The van der Waals surface area contributed by atoms with Crippen molar-refractivity contribution in [2.45, 2.75) is 0 Å². The zero-order chi connectivity index (χ0) is 8.55. The number of hydrogen-bond donors (Lipinski definition) is 0. The average molecular weight is 162 g/mol. The zero-order valence-electron chi connectivity index (χ0n) is 5.90. The highest BCUT2D eigenvalue weighted by atomic mass is 19.1. The fraction of sp³-hybridized carbons (Fsp3) is 0. The van der Waals surface area contributed by atoms with Crippen molar-refractivity contribution in [1.82, 2.24) is 15.0 Å². The van der Waals surface area contributed by atoms with Gasteiger partial charge in [-0.1, -0.05) is 5.21 Å². The number of rotatable bonds is 0. The Morgan fingerprint density at radius 2 is 2.33 bits per heavy atom. The van der Waals surface area contributed by atoms with E-state index in [0.717, 1.165) is 4.68 Å². The Morgan fingerprint density at radius 3 is 3.08 bits per heavy atom. The van der Waals surface area contributed by atoms with Gasteiger partial charge in [-0.15, -0.1) is 9.78 Å². The van der Waals surface area contributed by atoms with Gasteiger partial charge in [-0.3, -0.25) is 0 Å². The highest BCUT2D eigenvalue weighted by molar-refractivity contribution is 5.74. The summed E-state index contributed by atoms with van der Waals surface area (Å²) in [5.41, 5.74) is 0.899. The number of fused-ring (bicyclic) bond motifs is 1. The van der Waals surface area contributed by atoms with Gasteiger partial charge in [-0.25, -0.2) is 4.39 Å². The van der Waals surface area contributed by atoms with Gasteiger partial charge in [-0.2, -0.15) is 5.26 Å². The Labute approximate surface area is 66.8 Å². The van der Waals surface area contributed by atoms with Crippen LogP contribution in [-0.4, -0.2) is 15.0 Å². The molecule has 0 fully saturated rings. The van der Waals surface area contributed by atoms with E-state index in [1.165, 1.54) is 18.2 Å². The predicted molar refractivity (Wildman–Crippen MR) is 38.5 cm³/mol. The molecule has 0 amide bonds. The highest BCUT2D eigenvalue weighted by Gasteiger charge is 2.03. The smallest absolute Gasteiger partial charge is 0.207 e. The molecule has 0 N–H and O–H groups in total. The fourth-order valence-electron chi connectivity index (χ4n) is 0.971. The minimum Gasteiger partial charge on any atom is -0.207 e. The maximum atomic E-state index is 12.6. The van der Waals surface area contributed by atoms with Crippen molar-refractivity contribution >= 4 is 11.0 Å². The lowest BCUT2D eigenvalue weighted by Gasteiger charge is -1.87. The largest absolute Gasteiger partial charge is 0.208 e. The molecule has 58 valence electrons. The lowest BCUT2D eigenvalue weighted by atomic mass is 10.3. The third kappa shape index (κ3) is 0.820. The normalized spacial score (nSPS) is 10.0. The van der Waals surface area contributed by atoms with E-state index in [2.05, 4.69) is 10.3 Å². The quantitative estimate of drug-likeness (QED) is 0.578. The van der Waals surface area contributed by atoms with Gasteiger partial charge in [-0.05, 0) is 12.1 Å². The molecular weight excluding hydrogens is 159 g/mol. The van der Waals surface area contributed by atoms with Crippen molar-refractivity contribution in [3.05, 3.63) is 24.0 Å². The van der Waals surface area contributed by atoms with Crippen molar-refractivity contribution in [3.8, 4) is 6.19 Å². The van der Waals surface area contributed by atoms with Gasteiger partial charge in [0.05, 0.1) is 0 Å². The molecule has 1 heterocycles. The molecule has 0 unspecified atom stereocenters. The molecule has 0 saturated heterocycles. The van der Waals surface area contributed by atoms with Crippen LogP contribution < -0.4 is 0 Å². The SMILES string of the molecule is N#Cn1nnc2cc(F)ccc21. The molecule has 0 bridgehead atoms. The van der Waals surface area contributed by atoms with E-state index >= 15 is 0 Å². The predicted octanol–water partition coefficient (Wildman–Crippen LogP) is 0.900. The molecule has 1 aromatic heterocycles. The van der Waals surface area contributed by atoms with Gasteiger partial charge in [0.1, 0.15) is 16.9 Å². The summed E-state index contributed by atoms with van der Waals surface area (Å²) in [5.74, 6) is -0.382. The average Bonchev–Trinajstić information content (AvgIpc) is 2.46. The summed E-state index contributed by atoms with van der Waals surface area (Å²) in [5, 5.41) is 15.6. The van der Waals surface area contributed by atoms with Crippen molar-refractivity contribution in [2.24, 2.45) is 0 Å².